The first-order chi connectivity index (χ1) is 25.0. The maximum absolute atomic E-state index is 12.7. The molecule has 6 heteroatoms. The molecule has 0 saturated carbocycles. The van der Waals surface area contributed by atoms with E-state index in [0.29, 0.717) is 12.8 Å². The van der Waals surface area contributed by atoms with Crippen LogP contribution in [-0.4, -0.2) is 35.6 Å². The maximum atomic E-state index is 12.7. The highest BCUT2D eigenvalue weighted by Crippen LogP contribution is 2.18. The Bertz CT molecular complexity index is 880. The lowest BCUT2D eigenvalue weighted by molar-refractivity contribution is -0.150. The number of carbonyl (C=O) groups excluding carboxylic acids is 2. The highest BCUT2D eigenvalue weighted by atomic mass is 16.5. The van der Waals surface area contributed by atoms with Crippen LogP contribution in [0.3, 0.4) is 0 Å². The molecule has 2 N–H and O–H groups in total. The minimum Gasteiger partial charge on any atom is -0.480 e. The topological polar surface area (TPSA) is 92.7 Å². The molecule has 0 aliphatic rings. The molecule has 1 atom stereocenters. The van der Waals surface area contributed by atoms with E-state index in [0.717, 1.165) is 83.5 Å². The molecule has 1 amide bonds. The first-order valence-corrected chi connectivity index (χ1v) is 21.6. The zero-order valence-electron chi connectivity index (χ0n) is 33.5. The number of ether oxygens (including phenoxy) is 1. The van der Waals surface area contributed by atoms with Gasteiger partial charge in [-0.05, 0) is 96.3 Å². The number of hydrogen-bond acceptors (Lipinski definition) is 4. The number of carboxylic acids is 1. The van der Waals surface area contributed by atoms with Crippen LogP contribution in [-0.2, 0) is 19.1 Å². The van der Waals surface area contributed by atoms with Gasteiger partial charge in [-0.25, -0.2) is 0 Å². The summed E-state index contributed by atoms with van der Waals surface area (Å²) in [6.45, 7) is 4.21. The Labute approximate surface area is 315 Å². The molecule has 1 unspecified atom stereocenters. The molecule has 0 bridgehead atoms. The van der Waals surface area contributed by atoms with Gasteiger partial charge in [0.1, 0.15) is 12.6 Å². The van der Waals surface area contributed by atoms with Gasteiger partial charge in [0.2, 0.25) is 5.91 Å². The zero-order valence-corrected chi connectivity index (χ0v) is 33.5. The van der Waals surface area contributed by atoms with Gasteiger partial charge >= 0.3 is 11.9 Å². The fraction of sp³-hybridized carbons (Fsp3) is 0.800. The third-order valence-corrected chi connectivity index (χ3v) is 9.53. The highest BCUT2D eigenvalue weighted by Gasteiger charge is 2.14. The second-order valence-electron chi connectivity index (χ2n) is 14.6. The number of hydrogen-bond donors (Lipinski definition) is 2. The molecule has 0 aromatic heterocycles. The molecule has 0 rings (SSSR count). The number of carboxylic acid groups (broad SMARTS) is 1. The molecule has 296 valence electrons. The standard InChI is InChI=1S/C45H81NO5/c1-3-5-7-9-11-13-15-17-19-20-22-24-26-29-33-37-42(38-34-30-28-31-35-39-43(47)46-41-44(48)49)51-45(50)40-36-32-27-25-23-21-18-16-14-12-10-8-6-4-2/h15-18,20,22,42H,3-14,19,21,23-41H2,1-2H3,(H,46,47)(H,48,49)/b17-15-,18-16-,22-20-. The molecule has 6 nitrogen and oxygen atoms in total. The Balaban J connectivity index is 4.25. The first kappa shape index (κ1) is 48.6. The van der Waals surface area contributed by atoms with Crippen LogP contribution < -0.4 is 5.32 Å². The van der Waals surface area contributed by atoms with Gasteiger partial charge in [0, 0.05) is 12.8 Å². The molecule has 0 saturated heterocycles. The smallest absolute Gasteiger partial charge is 0.322 e. The van der Waals surface area contributed by atoms with Gasteiger partial charge < -0.3 is 15.2 Å². The molecule has 0 aliphatic heterocycles. The second kappa shape index (κ2) is 40.4. The van der Waals surface area contributed by atoms with Crippen molar-refractivity contribution in [2.24, 2.45) is 0 Å². The molecule has 0 spiro atoms. The summed E-state index contributed by atoms with van der Waals surface area (Å²) in [5.41, 5.74) is 0. The van der Waals surface area contributed by atoms with Gasteiger partial charge in [-0.2, -0.15) is 0 Å². The molecule has 0 heterocycles. The van der Waals surface area contributed by atoms with E-state index in [1.807, 2.05) is 0 Å². The van der Waals surface area contributed by atoms with E-state index in [4.69, 9.17) is 9.84 Å². The van der Waals surface area contributed by atoms with Crippen molar-refractivity contribution < 1.29 is 24.2 Å². The van der Waals surface area contributed by atoms with Crippen molar-refractivity contribution in [1.29, 1.82) is 0 Å². The number of rotatable bonds is 39. The monoisotopic (exact) mass is 716 g/mol. The Morgan fingerprint density at radius 1 is 0.510 bits per heavy atom. The van der Waals surface area contributed by atoms with Gasteiger partial charge in [-0.3, -0.25) is 14.4 Å². The van der Waals surface area contributed by atoms with Gasteiger partial charge in [-0.15, -0.1) is 0 Å². The minimum atomic E-state index is -1.02. The lowest BCUT2D eigenvalue weighted by atomic mass is 10.0. The van der Waals surface area contributed by atoms with E-state index in [9.17, 15) is 14.4 Å². The first-order valence-electron chi connectivity index (χ1n) is 21.6. The molecule has 0 fully saturated rings. The summed E-state index contributed by atoms with van der Waals surface area (Å²) in [4.78, 5) is 35.0. The van der Waals surface area contributed by atoms with Crippen LogP contribution in [0.15, 0.2) is 36.5 Å². The van der Waals surface area contributed by atoms with Gasteiger partial charge in [-0.1, -0.05) is 147 Å². The van der Waals surface area contributed by atoms with E-state index in [2.05, 4.69) is 55.6 Å². The average molecular weight is 716 g/mol. The van der Waals surface area contributed by atoms with Crippen LogP contribution in [0.2, 0.25) is 0 Å². The lowest BCUT2D eigenvalue weighted by Gasteiger charge is -2.18. The van der Waals surface area contributed by atoms with Crippen molar-refractivity contribution >= 4 is 17.8 Å². The minimum absolute atomic E-state index is 0.000352. The van der Waals surface area contributed by atoms with Crippen molar-refractivity contribution in [1.82, 2.24) is 5.32 Å². The maximum Gasteiger partial charge on any atom is 0.322 e. The third kappa shape index (κ3) is 40.3. The largest absolute Gasteiger partial charge is 0.480 e. The van der Waals surface area contributed by atoms with Crippen molar-refractivity contribution in [3.05, 3.63) is 36.5 Å². The fourth-order valence-corrected chi connectivity index (χ4v) is 6.30. The average Bonchev–Trinajstić information content (AvgIpc) is 3.11. The van der Waals surface area contributed by atoms with Crippen molar-refractivity contribution in [2.75, 3.05) is 6.54 Å². The van der Waals surface area contributed by atoms with Crippen LogP contribution in [0.1, 0.15) is 219 Å². The predicted molar refractivity (Wildman–Crippen MR) is 217 cm³/mol. The van der Waals surface area contributed by atoms with E-state index < -0.39 is 5.97 Å². The van der Waals surface area contributed by atoms with E-state index in [-0.39, 0.29) is 24.5 Å². The number of carbonyl (C=O) groups is 3. The SMILES string of the molecule is CCCCCCC/C=C\C/C=C\CCCCCC(CCCCCCCC(=O)NCC(=O)O)OC(=O)CCCCCCC/C=C\CCCCCCC. The van der Waals surface area contributed by atoms with E-state index in [1.54, 1.807) is 0 Å². The molecule has 51 heavy (non-hydrogen) atoms. The van der Waals surface area contributed by atoms with Gasteiger partial charge in [0.25, 0.3) is 0 Å². The molecule has 0 aromatic carbocycles. The second-order valence-corrected chi connectivity index (χ2v) is 14.6. The summed E-state index contributed by atoms with van der Waals surface area (Å²) in [6, 6.07) is 0. The Morgan fingerprint density at radius 3 is 1.39 bits per heavy atom. The molecule has 0 aromatic rings. The van der Waals surface area contributed by atoms with Crippen LogP contribution in [0.25, 0.3) is 0 Å². The van der Waals surface area contributed by atoms with E-state index >= 15 is 0 Å². The molecular formula is C45H81NO5. The number of amides is 1. The molecular weight excluding hydrogens is 634 g/mol. The highest BCUT2D eigenvalue weighted by molar-refractivity contribution is 5.80. The van der Waals surface area contributed by atoms with Crippen molar-refractivity contribution in [3.8, 4) is 0 Å². The van der Waals surface area contributed by atoms with Crippen LogP contribution in [0, 0.1) is 0 Å². The van der Waals surface area contributed by atoms with Crippen molar-refractivity contribution in [2.45, 2.75) is 225 Å². The van der Waals surface area contributed by atoms with Gasteiger partial charge in [0.15, 0.2) is 0 Å². The summed E-state index contributed by atoms with van der Waals surface area (Å²) in [5.74, 6) is -1.25. The fourth-order valence-electron chi connectivity index (χ4n) is 6.30. The summed E-state index contributed by atoms with van der Waals surface area (Å²) in [6.07, 6.45) is 49.7. The number of allylic oxidation sites excluding steroid dienone is 6. The summed E-state index contributed by atoms with van der Waals surface area (Å²) in [7, 11) is 0. The predicted octanol–water partition coefficient (Wildman–Crippen LogP) is 13.3. The number of nitrogens with one attached hydrogen (secondary N) is 1. The number of unbranched alkanes of at least 4 members (excludes halogenated alkanes) is 22. The molecule has 0 radical (unpaired) electrons. The third-order valence-electron chi connectivity index (χ3n) is 9.53. The van der Waals surface area contributed by atoms with Crippen molar-refractivity contribution in [3.63, 3.8) is 0 Å². The van der Waals surface area contributed by atoms with Crippen LogP contribution >= 0.6 is 0 Å². The number of esters is 1. The van der Waals surface area contributed by atoms with E-state index in [1.165, 1.54) is 109 Å². The number of aliphatic carboxylic acids is 1. The zero-order chi connectivity index (χ0) is 37.3. The van der Waals surface area contributed by atoms with Crippen LogP contribution in [0.5, 0.6) is 0 Å². The Morgan fingerprint density at radius 2 is 0.902 bits per heavy atom. The molecule has 0 aliphatic carbocycles. The summed E-state index contributed by atoms with van der Waals surface area (Å²) < 4.78 is 6.02. The van der Waals surface area contributed by atoms with Gasteiger partial charge in [0.05, 0.1) is 0 Å². The Hall–Kier alpha value is -2.37. The van der Waals surface area contributed by atoms with Crippen LogP contribution in [0.4, 0.5) is 0 Å². The lowest BCUT2D eigenvalue weighted by Crippen LogP contribution is -2.28. The summed E-state index contributed by atoms with van der Waals surface area (Å²) >= 11 is 0. The normalized spacial score (nSPS) is 12.4. The summed E-state index contributed by atoms with van der Waals surface area (Å²) in [5, 5.41) is 11.1. The Kier molecular flexibility index (Phi) is 38.5. The quantitative estimate of drug-likeness (QED) is 0.0375.